The van der Waals surface area contributed by atoms with Crippen LogP contribution in [-0.2, 0) is 6.54 Å². The lowest BCUT2D eigenvalue weighted by molar-refractivity contribution is 0.789. The molecule has 0 amide bonds. The maximum Gasteiger partial charge on any atom is 0.0430 e. The van der Waals surface area contributed by atoms with Gasteiger partial charge >= 0.3 is 0 Å². The molecule has 100 valence electrons. The predicted octanol–water partition coefficient (Wildman–Crippen LogP) is 3.61. The summed E-state index contributed by atoms with van der Waals surface area (Å²) in [7, 11) is 0. The maximum atomic E-state index is 5.91. The summed E-state index contributed by atoms with van der Waals surface area (Å²) >= 11 is 5.91. The molecule has 2 aromatic carbocycles. The lowest BCUT2D eigenvalue weighted by atomic mass is 10.1. The second kappa shape index (κ2) is 6.60. The third kappa shape index (κ3) is 3.98. The molecule has 0 aliphatic heterocycles. The van der Waals surface area contributed by atoms with Crippen LogP contribution in [0.25, 0.3) is 0 Å². The third-order valence-corrected chi connectivity index (χ3v) is 3.30. The Morgan fingerprint density at radius 1 is 1.11 bits per heavy atom. The summed E-state index contributed by atoms with van der Waals surface area (Å²) in [6.07, 6.45) is 0. The van der Waals surface area contributed by atoms with Crippen LogP contribution in [0.15, 0.2) is 48.5 Å². The van der Waals surface area contributed by atoms with E-state index in [0.29, 0.717) is 6.54 Å². The topological polar surface area (TPSA) is 29.3 Å². The smallest absolute Gasteiger partial charge is 0.0430 e. The highest BCUT2D eigenvalue weighted by molar-refractivity contribution is 6.30. The van der Waals surface area contributed by atoms with Gasteiger partial charge in [0.15, 0.2) is 0 Å². The molecule has 0 saturated carbocycles. The van der Waals surface area contributed by atoms with Crippen molar-refractivity contribution >= 4 is 17.3 Å². The molecule has 0 spiro atoms. The van der Waals surface area contributed by atoms with E-state index in [2.05, 4.69) is 48.2 Å². The molecule has 0 saturated heterocycles. The second-order valence-electron chi connectivity index (χ2n) is 4.68. The molecule has 19 heavy (non-hydrogen) atoms. The monoisotopic (exact) mass is 274 g/mol. The molecule has 0 unspecified atom stereocenters. The van der Waals surface area contributed by atoms with Crippen molar-refractivity contribution in [1.29, 1.82) is 0 Å². The SMILES string of the molecule is Cc1cccc(N(CCN)Cc2ccc(Cl)cc2)c1. The van der Waals surface area contributed by atoms with Gasteiger partial charge in [-0.1, -0.05) is 35.9 Å². The van der Waals surface area contributed by atoms with Gasteiger partial charge in [0, 0.05) is 30.3 Å². The first-order chi connectivity index (χ1) is 9.19. The third-order valence-electron chi connectivity index (χ3n) is 3.05. The van der Waals surface area contributed by atoms with Crippen molar-refractivity contribution in [3.05, 3.63) is 64.7 Å². The first-order valence-corrected chi connectivity index (χ1v) is 6.83. The van der Waals surface area contributed by atoms with Crippen LogP contribution in [0.1, 0.15) is 11.1 Å². The number of anilines is 1. The minimum Gasteiger partial charge on any atom is -0.366 e. The summed E-state index contributed by atoms with van der Waals surface area (Å²) in [5, 5.41) is 0.768. The van der Waals surface area contributed by atoms with Crippen molar-refractivity contribution in [2.75, 3.05) is 18.0 Å². The number of hydrogen-bond acceptors (Lipinski definition) is 2. The van der Waals surface area contributed by atoms with Gasteiger partial charge in [0.05, 0.1) is 0 Å². The van der Waals surface area contributed by atoms with E-state index in [0.717, 1.165) is 18.1 Å². The van der Waals surface area contributed by atoms with E-state index in [4.69, 9.17) is 17.3 Å². The van der Waals surface area contributed by atoms with Gasteiger partial charge in [0.2, 0.25) is 0 Å². The molecule has 2 N–H and O–H groups in total. The fraction of sp³-hybridized carbons (Fsp3) is 0.250. The molecule has 0 fully saturated rings. The average Bonchev–Trinajstić information content (AvgIpc) is 2.41. The highest BCUT2D eigenvalue weighted by Gasteiger charge is 2.06. The minimum absolute atomic E-state index is 0.640. The van der Waals surface area contributed by atoms with Gasteiger partial charge in [-0.25, -0.2) is 0 Å². The van der Waals surface area contributed by atoms with E-state index < -0.39 is 0 Å². The zero-order valence-corrected chi connectivity index (χ0v) is 11.9. The molecule has 0 bridgehead atoms. The fourth-order valence-electron chi connectivity index (χ4n) is 2.09. The number of halogens is 1. The summed E-state index contributed by atoms with van der Waals surface area (Å²) in [6.45, 7) is 4.43. The van der Waals surface area contributed by atoms with Crippen LogP contribution in [0.4, 0.5) is 5.69 Å². The van der Waals surface area contributed by atoms with Crippen molar-refractivity contribution in [1.82, 2.24) is 0 Å². The van der Waals surface area contributed by atoms with Crippen molar-refractivity contribution in [2.24, 2.45) is 5.73 Å². The maximum absolute atomic E-state index is 5.91. The second-order valence-corrected chi connectivity index (χ2v) is 5.11. The van der Waals surface area contributed by atoms with Gasteiger partial charge in [-0.2, -0.15) is 0 Å². The zero-order valence-electron chi connectivity index (χ0n) is 11.1. The van der Waals surface area contributed by atoms with Crippen molar-refractivity contribution in [3.63, 3.8) is 0 Å². The zero-order chi connectivity index (χ0) is 13.7. The van der Waals surface area contributed by atoms with E-state index in [1.54, 1.807) is 0 Å². The molecule has 0 atom stereocenters. The first kappa shape index (κ1) is 13.9. The van der Waals surface area contributed by atoms with E-state index in [9.17, 15) is 0 Å². The molecule has 2 nitrogen and oxygen atoms in total. The normalized spacial score (nSPS) is 10.5. The summed E-state index contributed by atoms with van der Waals surface area (Å²) in [5.74, 6) is 0. The predicted molar refractivity (Wildman–Crippen MR) is 82.7 cm³/mol. The minimum atomic E-state index is 0.640. The summed E-state index contributed by atoms with van der Waals surface area (Å²) in [4.78, 5) is 2.29. The fourth-order valence-corrected chi connectivity index (χ4v) is 2.22. The quantitative estimate of drug-likeness (QED) is 0.902. The molecule has 0 radical (unpaired) electrons. The van der Waals surface area contributed by atoms with Crippen LogP contribution in [0.2, 0.25) is 5.02 Å². The Labute approximate surface area is 119 Å². The van der Waals surface area contributed by atoms with Crippen LogP contribution in [0, 0.1) is 6.92 Å². The van der Waals surface area contributed by atoms with Crippen LogP contribution in [-0.4, -0.2) is 13.1 Å². The summed E-state index contributed by atoms with van der Waals surface area (Å²) in [5.41, 5.74) is 9.42. The standard InChI is InChI=1S/C16H19ClN2/c1-13-3-2-4-16(11-13)19(10-9-18)12-14-5-7-15(17)8-6-14/h2-8,11H,9-10,12,18H2,1H3. The molecular formula is C16H19ClN2. The number of nitrogens with two attached hydrogens (primary N) is 1. The van der Waals surface area contributed by atoms with Crippen molar-refractivity contribution in [2.45, 2.75) is 13.5 Å². The Kier molecular flexibility index (Phi) is 4.83. The molecule has 2 aromatic rings. The number of aryl methyl sites for hydroxylation is 1. The van der Waals surface area contributed by atoms with Crippen molar-refractivity contribution in [3.8, 4) is 0 Å². The summed E-state index contributed by atoms with van der Waals surface area (Å²) < 4.78 is 0. The van der Waals surface area contributed by atoms with Gasteiger partial charge in [0.1, 0.15) is 0 Å². The van der Waals surface area contributed by atoms with Gasteiger partial charge in [-0.15, -0.1) is 0 Å². The van der Waals surface area contributed by atoms with Crippen LogP contribution in [0.5, 0.6) is 0 Å². The van der Waals surface area contributed by atoms with Crippen LogP contribution < -0.4 is 10.6 Å². The van der Waals surface area contributed by atoms with E-state index in [-0.39, 0.29) is 0 Å². The van der Waals surface area contributed by atoms with Gasteiger partial charge in [-0.05, 0) is 42.3 Å². The molecule has 2 rings (SSSR count). The molecular weight excluding hydrogens is 256 g/mol. The van der Waals surface area contributed by atoms with Crippen LogP contribution in [0.3, 0.4) is 0 Å². The Balaban J connectivity index is 2.18. The van der Waals surface area contributed by atoms with Crippen LogP contribution >= 0.6 is 11.6 Å². The number of benzene rings is 2. The molecule has 0 aromatic heterocycles. The number of rotatable bonds is 5. The molecule has 0 aliphatic carbocycles. The Hall–Kier alpha value is -1.51. The average molecular weight is 275 g/mol. The first-order valence-electron chi connectivity index (χ1n) is 6.45. The summed E-state index contributed by atoms with van der Waals surface area (Å²) in [6, 6.07) is 16.5. The van der Waals surface area contributed by atoms with Gasteiger partial charge in [0.25, 0.3) is 0 Å². The molecule has 3 heteroatoms. The number of nitrogens with zero attached hydrogens (tertiary/aromatic N) is 1. The Morgan fingerprint density at radius 3 is 2.47 bits per heavy atom. The molecule has 0 aliphatic rings. The lowest BCUT2D eigenvalue weighted by Gasteiger charge is -2.24. The van der Waals surface area contributed by atoms with E-state index in [1.807, 2.05) is 12.1 Å². The van der Waals surface area contributed by atoms with Gasteiger partial charge in [-0.3, -0.25) is 0 Å². The Bertz CT molecular complexity index is 523. The van der Waals surface area contributed by atoms with E-state index >= 15 is 0 Å². The lowest BCUT2D eigenvalue weighted by Crippen LogP contribution is -2.28. The Morgan fingerprint density at radius 2 is 1.84 bits per heavy atom. The largest absolute Gasteiger partial charge is 0.366 e. The molecule has 0 heterocycles. The van der Waals surface area contributed by atoms with Crippen molar-refractivity contribution < 1.29 is 0 Å². The van der Waals surface area contributed by atoms with Gasteiger partial charge < -0.3 is 10.6 Å². The highest BCUT2D eigenvalue weighted by Crippen LogP contribution is 2.19. The highest BCUT2D eigenvalue weighted by atomic mass is 35.5. The van der Waals surface area contributed by atoms with E-state index in [1.165, 1.54) is 16.8 Å². The number of hydrogen-bond donors (Lipinski definition) is 1.